The zero-order valence-corrected chi connectivity index (χ0v) is 9.32. The minimum absolute atomic E-state index is 0.286. The van der Waals surface area contributed by atoms with E-state index in [1.165, 1.54) is 0 Å². The van der Waals surface area contributed by atoms with Crippen LogP contribution in [0.25, 0.3) is 0 Å². The molecule has 0 aromatic carbocycles. The molecule has 4 aliphatic heterocycles. The van der Waals surface area contributed by atoms with Gasteiger partial charge in [-0.05, 0) is 0 Å². The maximum Gasteiger partial charge on any atom is 0.166 e. The summed E-state index contributed by atoms with van der Waals surface area (Å²) in [6.07, 6.45) is 0. The molecule has 0 aromatic heterocycles. The van der Waals surface area contributed by atoms with Gasteiger partial charge >= 0.3 is 0 Å². The van der Waals surface area contributed by atoms with E-state index in [2.05, 4.69) is 15.9 Å². The number of nitriles is 1. The van der Waals surface area contributed by atoms with Gasteiger partial charge in [-0.3, -0.25) is 9.80 Å². The lowest BCUT2D eigenvalue weighted by Gasteiger charge is -2.68. The first kappa shape index (κ1) is 9.59. The molecule has 0 atom stereocenters. The van der Waals surface area contributed by atoms with Crippen LogP contribution >= 0.6 is 0 Å². The molecule has 0 aliphatic carbocycles. The standard InChI is InChI=1S/C11H17N3O/c1-9-4-13-6-10(2,11(9,15)3-12)7-14(5-9)8-13/h15H,4-8H2,1-2H3. The average Bonchev–Trinajstić information content (AvgIpc) is 2.11. The molecule has 4 nitrogen and oxygen atoms in total. The minimum atomic E-state index is -1.16. The molecule has 4 rings (SSSR count). The van der Waals surface area contributed by atoms with E-state index in [-0.39, 0.29) is 10.8 Å². The summed E-state index contributed by atoms with van der Waals surface area (Å²) < 4.78 is 0. The van der Waals surface area contributed by atoms with Crippen molar-refractivity contribution in [3.8, 4) is 6.07 Å². The van der Waals surface area contributed by atoms with Crippen molar-refractivity contribution in [2.75, 3.05) is 32.8 Å². The predicted octanol–water partition coefficient (Wildman–Crippen LogP) is -0.144. The Hall–Kier alpha value is -0.630. The maximum absolute atomic E-state index is 10.7. The topological polar surface area (TPSA) is 50.5 Å². The number of hydrogen-bond acceptors (Lipinski definition) is 4. The van der Waals surface area contributed by atoms with Crippen LogP contribution in [0.1, 0.15) is 13.8 Å². The third kappa shape index (κ3) is 0.878. The molecule has 4 heterocycles. The molecule has 4 saturated heterocycles. The molecule has 0 spiro atoms. The van der Waals surface area contributed by atoms with Crippen LogP contribution in [0.15, 0.2) is 0 Å². The van der Waals surface area contributed by atoms with Crippen molar-refractivity contribution in [1.29, 1.82) is 5.26 Å². The van der Waals surface area contributed by atoms with Gasteiger partial charge in [-0.2, -0.15) is 5.26 Å². The lowest BCUT2D eigenvalue weighted by atomic mass is 9.53. The molecular formula is C11H17N3O. The van der Waals surface area contributed by atoms with Crippen molar-refractivity contribution < 1.29 is 5.11 Å². The first-order valence-electron chi connectivity index (χ1n) is 5.51. The summed E-state index contributed by atoms with van der Waals surface area (Å²) in [5, 5.41) is 20.1. The minimum Gasteiger partial charge on any atom is -0.374 e. The largest absolute Gasteiger partial charge is 0.374 e. The molecule has 0 unspecified atom stereocenters. The highest BCUT2D eigenvalue weighted by Crippen LogP contribution is 2.55. The Labute approximate surface area is 90.1 Å². The van der Waals surface area contributed by atoms with E-state index in [1.54, 1.807) is 0 Å². The van der Waals surface area contributed by atoms with Gasteiger partial charge in [0, 0.05) is 37.0 Å². The summed E-state index contributed by atoms with van der Waals surface area (Å²) in [6, 6.07) is 2.21. The lowest BCUT2D eigenvalue weighted by Crippen LogP contribution is -2.81. The zero-order valence-electron chi connectivity index (χ0n) is 9.32. The zero-order chi connectivity index (χ0) is 10.9. The van der Waals surface area contributed by atoms with Crippen LogP contribution in [-0.2, 0) is 0 Å². The van der Waals surface area contributed by atoms with Gasteiger partial charge in [0.25, 0.3) is 0 Å². The Morgan fingerprint density at radius 1 is 1.07 bits per heavy atom. The molecule has 0 radical (unpaired) electrons. The van der Waals surface area contributed by atoms with Crippen molar-refractivity contribution in [2.24, 2.45) is 10.8 Å². The predicted molar refractivity (Wildman–Crippen MR) is 54.8 cm³/mol. The lowest BCUT2D eigenvalue weighted by molar-refractivity contribution is -0.260. The van der Waals surface area contributed by atoms with Crippen LogP contribution in [-0.4, -0.2) is 53.4 Å². The molecule has 0 aromatic rings. The van der Waals surface area contributed by atoms with E-state index < -0.39 is 5.60 Å². The van der Waals surface area contributed by atoms with E-state index in [9.17, 15) is 10.4 Å². The number of aliphatic hydroxyl groups is 1. The molecule has 15 heavy (non-hydrogen) atoms. The Kier molecular flexibility index (Phi) is 1.52. The highest BCUT2D eigenvalue weighted by Gasteiger charge is 2.68. The third-order valence-electron chi connectivity index (χ3n) is 4.60. The Bertz CT molecular complexity index is 323. The molecular weight excluding hydrogens is 190 g/mol. The number of hydrogen-bond donors (Lipinski definition) is 1. The van der Waals surface area contributed by atoms with Crippen LogP contribution in [0, 0.1) is 22.2 Å². The summed E-state index contributed by atoms with van der Waals surface area (Å²) in [7, 11) is 0. The van der Waals surface area contributed by atoms with Gasteiger partial charge in [0.1, 0.15) is 0 Å². The smallest absolute Gasteiger partial charge is 0.166 e. The second-order valence-corrected chi connectivity index (χ2v) is 6.06. The first-order valence-corrected chi connectivity index (χ1v) is 5.51. The third-order valence-corrected chi connectivity index (χ3v) is 4.60. The molecule has 4 bridgehead atoms. The van der Waals surface area contributed by atoms with Crippen LogP contribution in [0.2, 0.25) is 0 Å². The SMILES string of the molecule is CC12CN3CN(C1)CC(C)(C3)C2(O)C#N. The van der Waals surface area contributed by atoms with Gasteiger partial charge in [0.2, 0.25) is 0 Å². The van der Waals surface area contributed by atoms with E-state index in [0.29, 0.717) is 0 Å². The first-order chi connectivity index (χ1) is 6.92. The van der Waals surface area contributed by atoms with Gasteiger partial charge in [0.15, 0.2) is 5.60 Å². The van der Waals surface area contributed by atoms with Gasteiger partial charge in [-0.25, -0.2) is 0 Å². The normalized spacial score (nSPS) is 61.7. The van der Waals surface area contributed by atoms with Gasteiger partial charge in [-0.15, -0.1) is 0 Å². The molecule has 82 valence electrons. The van der Waals surface area contributed by atoms with Gasteiger partial charge in [0.05, 0.1) is 12.7 Å². The Morgan fingerprint density at radius 3 is 1.80 bits per heavy atom. The molecule has 4 fully saturated rings. The van der Waals surface area contributed by atoms with Crippen molar-refractivity contribution in [2.45, 2.75) is 19.4 Å². The van der Waals surface area contributed by atoms with E-state index in [4.69, 9.17) is 0 Å². The van der Waals surface area contributed by atoms with Crippen LogP contribution in [0.3, 0.4) is 0 Å². The van der Waals surface area contributed by atoms with Crippen LogP contribution < -0.4 is 0 Å². The van der Waals surface area contributed by atoms with E-state index >= 15 is 0 Å². The van der Waals surface area contributed by atoms with Crippen LogP contribution in [0.5, 0.6) is 0 Å². The highest BCUT2D eigenvalue weighted by molar-refractivity contribution is 5.27. The Morgan fingerprint density at radius 2 is 1.47 bits per heavy atom. The van der Waals surface area contributed by atoms with Crippen molar-refractivity contribution in [3.05, 3.63) is 0 Å². The summed E-state index contributed by atoms with van der Waals surface area (Å²) >= 11 is 0. The fourth-order valence-corrected chi connectivity index (χ4v) is 4.12. The van der Waals surface area contributed by atoms with Crippen molar-refractivity contribution in [3.63, 3.8) is 0 Å². The number of nitrogens with zero attached hydrogens (tertiary/aromatic N) is 3. The molecule has 4 aliphatic rings. The Balaban J connectivity index is 2.14. The van der Waals surface area contributed by atoms with Gasteiger partial charge < -0.3 is 5.11 Å². The second-order valence-electron chi connectivity index (χ2n) is 6.06. The number of rotatable bonds is 0. The molecule has 0 amide bonds. The fraction of sp³-hybridized carbons (Fsp3) is 0.909. The molecule has 4 heteroatoms. The summed E-state index contributed by atoms with van der Waals surface area (Å²) in [5.74, 6) is 0. The highest BCUT2D eigenvalue weighted by atomic mass is 16.3. The summed E-state index contributed by atoms with van der Waals surface area (Å²) in [5.41, 5.74) is -1.73. The fourth-order valence-electron chi connectivity index (χ4n) is 4.12. The van der Waals surface area contributed by atoms with Crippen molar-refractivity contribution >= 4 is 0 Å². The van der Waals surface area contributed by atoms with Crippen molar-refractivity contribution in [1.82, 2.24) is 9.80 Å². The molecule has 0 saturated carbocycles. The monoisotopic (exact) mass is 207 g/mol. The number of piperidine rings is 2. The second kappa shape index (κ2) is 2.37. The average molecular weight is 207 g/mol. The quantitative estimate of drug-likeness (QED) is 0.562. The van der Waals surface area contributed by atoms with Gasteiger partial charge in [-0.1, -0.05) is 13.8 Å². The summed E-state index contributed by atoms with van der Waals surface area (Å²) in [6.45, 7) is 8.50. The maximum atomic E-state index is 10.7. The van der Waals surface area contributed by atoms with E-state index in [0.717, 1.165) is 32.8 Å². The van der Waals surface area contributed by atoms with E-state index in [1.807, 2.05) is 13.8 Å². The summed E-state index contributed by atoms with van der Waals surface area (Å²) in [4.78, 5) is 4.72. The molecule has 1 N–H and O–H groups in total. The van der Waals surface area contributed by atoms with Crippen LogP contribution in [0.4, 0.5) is 0 Å².